The summed E-state index contributed by atoms with van der Waals surface area (Å²) in [5.41, 5.74) is 0.175. The van der Waals surface area contributed by atoms with Gasteiger partial charge in [0, 0.05) is 17.4 Å². The molecule has 0 heterocycles. The molecule has 0 aliphatic heterocycles. The molecule has 0 saturated carbocycles. The summed E-state index contributed by atoms with van der Waals surface area (Å²) in [5.74, 6) is -0.605. The number of phenols is 2. The predicted octanol–water partition coefficient (Wildman–Crippen LogP) is 2.39. The van der Waals surface area contributed by atoms with E-state index in [2.05, 4.69) is 21.2 Å². The molecule has 0 bridgehead atoms. The fourth-order valence-corrected chi connectivity index (χ4v) is 1.79. The lowest BCUT2D eigenvalue weighted by Gasteiger charge is -2.13. The Bertz CT molecular complexity index is 395. The van der Waals surface area contributed by atoms with E-state index < -0.39 is 0 Å². The van der Waals surface area contributed by atoms with Gasteiger partial charge in [0.1, 0.15) is 11.5 Å². The summed E-state index contributed by atoms with van der Waals surface area (Å²) >= 11 is 3.33. The number of alkyl halides is 1. The number of phenolic OH excluding ortho intramolecular Hbond substituents is 2. The summed E-state index contributed by atoms with van der Waals surface area (Å²) < 4.78 is 0. The molecule has 0 radical (unpaired) electrons. The Morgan fingerprint density at radius 1 is 1.47 bits per heavy atom. The fraction of sp³-hybridized carbons (Fsp3) is 0.417. The van der Waals surface area contributed by atoms with Crippen molar-refractivity contribution in [3.63, 3.8) is 0 Å². The molecular formula is C12H16BrNO3. The molecule has 1 rings (SSSR count). The normalized spacial score (nSPS) is 12.1. The molecule has 0 fully saturated rings. The molecule has 0 spiro atoms. The first-order valence-electron chi connectivity index (χ1n) is 5.43. The number of benzene rings is 1. The van der Waals surface area contributed by atoms with Crippen LogP contribution in [0.5, 0.6) is 11.5 Å². The zero-order chi connectivity index (χ0) is 12.8. The van der Waals surface area contributed by atoms with Gasteiger partial charge in [-0.1, -0.05) is 15.9 Å². The smallest absolute Gasteiger partial charge is 0.255 e. The number of rotatable bonds is 5. The number of carbonyl (C=O) groups excluding carboxylic acids is 1. The van der Waals surface area contributed by atoms with Gasteiger partial charge >= 0.3 is 0 Å². The van der Waals surface area contributed by atoms with E-state index in [0.717, 1.165) is 24.2 Å². The summed E-state index contributed by atoms with van der Waals surface area (Å²) in [4.78, 5) is 11.8. The Labute approximate surface area is 109 Å². The maximum absolute atomic E-state index is 11.8. The van der Waals surface area contributed by atoms with Gasteiger partial charge in [-0.05, 0) is 31.9 Å². The average Bonchev–Trinajstić information content (AvgIpc) is 2.26. The molecule has 1 aromatic carbocycles. The second-order valence-electron chi connectivity index (χ2n) is 3.91. The lowest BCUT2D eigenvalue weighted by molar-refractivity contribution is 0.0935. The number of amides is 1. The van der Waals surface area contributed by atoms with Crippen molar-refractivity contribution in [2.75, 3.05) is 5.33 Å². The van der Waals surface area contributed by atoms with E-state index in [1.807, 2.05) is 6.92 Å². The van der Waals surface area contributed by atoms with Gasteiger partial charge in [-0.15, -0.1) is 0 Å². The third kappa shape index (κ3) is 4.26. The van der Waals surface area contributed by atoms with E-state index in [1.54, 1.807) is 0 Å². The Balaban J connectivity index is 2.63. The average molecular weight is 302 g/mol. The molecule has 3 N–H and O–H groups in total. The van der Waals surface area contributed by atoms with Crippen molar-refractivity contribution in [1.29, 1.82) is 0 Å². The van der Waals surface area contributed by atoms with E-state index in [9.17, 15) is 9.90 Å². The highest BCUT2D eigenvalue weighted by Crippen LogP contribution is 2.22. The monoisotopic (exact) mass is 301 g/mol. The van der Waals surface area contributed by atoms with Crippen LogP contribution < -0.4 is 5.32 Å². The summed E-state index contributed by atoms with van der Waals surface area (Å²) in [5, 5.41) is 22.3. The van der Waals surface area contributed by atoms with Crippen molar-refractivity contribution in [3.8, 4) is 11.5 Å². The Morgan fingerprint density at radius 3 is 2.76 bits per heavy atom. The van der Waals surface area contributed by atoms with Crippen molar-refractivity contribution in [1.82, 2.24) is 5.32 Å². The minimum absolute atomic E-state index is 0.0493. The minimum atomic E-state index is -0.329. The largest absolute Gasteiger partial charge is 0.508 e. The molecule has 4 nitrogen and oxygen atoms in total. The summed E-state index contributed by atoms with van der Waals surface area (Å²) in [7, 11) is 0. The Kier molecular flexibility index (Phi) is 5.28. The number of nitrogens with one attached hydrogen (secondary N) is 1. The maximum Gasteiger partial charge on any atom is 0.255 e. The van der Waals surface area contributed by atoms with Gasteiger partial charge in [-0.3, -0.25) is 4.79 Å². The molecule has 94 valence electrons. The highest BCUT2D eigenvalue weighted by Gasteiger charge is 2.13. The van der Waals surface area contributed by atoms with E-state index in [4.69, 9.17) is 5.11 Å². The highest BCUT2D eigenvalue weighted by molar-refractivity contribution is 9.09. The Hall–Kier alpha value is -1.23. The van der Waals surface area contributed by atoms with Crippen LogP contribution in [0.4, 0.5) is 0 Å². The first-order chi connectivity index (χ1) is 8.04. The standard InChI is InChI=1S/C12H16BrNO3/c1-8(3-2-6-13)14-12(17)10-5-4-9(15)7-11(10)16/h4-5,7-8,15-16H,2-3,6H2,1H3,(H,14,17). The molecule has 1 amide bonds. The lowest BCUT2D eigenvalue weighted by atomic mass is 10.1. The second kappa shape index (κ2) is 6.49. The van der Waals surface area contributed by atoms with Crippen LogP contribution in [-0.2, 0) is 0 Å². The van der Waals surface area contributed by atoms with E-state index in [-0.39, 0.29) is 29.0 Å². The van der Waals surface area contributed by atoms with Crippen molar-refractivity contribution in [2.24, 2.45) is 0 Å². The molecule has 0 aliphatic carbocycles. The first-order valence-corrected chi connectivity index (χ1v) is 6.55. The van der Waals surface area contributed by atoms with Gasteiger partial charge in [0.2, 0.25) is 0 Å². The van der Waals surface area contributed by atoms with E-state index in [1.165, 1.54) is 12.1 Å². The minimum Gasteiger partial charge on any atom is -0.508 e. The van der Waals surface area contributed by atoms with Crippen LogP contribution in [0, 0.1) is 0 Å². The molecular weight excluding hydrogens is 286 g/mol. The van der Waals surface area contributed by atoms with E-state index in [0.29, 0.717) is 0 Å². The number of halogens is 1. The van der Waals surface area contributed by atoms with Gasteiger partial charge < -0.3 is 15.5 Å². The third-order valence-electron chi connectivity index (χ3n) is 2.37. The van der Waals surface area contributed by atoms with Crippen molar-refractivity contribution >= 4 is 21.8 Å². The van der Waals surface area contributed by atoms with Gasteiger partial charge in [0.15, 0.2) is 0 Å². The number of carbonyl (C=O) groups is 1. The van der Waals surface area contributed by atoms with Gasteiger partial charge in [-0.25, -0.2) is 0 Å². The van der Waals surface area contributed by atoms with Crippen molar-refractivity contribution in [3.05, 3.63) is 23.8 Å². The molecule has 0 aromatic heterocycles. The summed E-state index contributed by atoms with van der Waals surface area (Å²) in [6.07, 6.45) is 1.85. The first kappa shape index (κ1) is 13.8. The van der Waals surface area contributed by atoms with Crippen LogP contribution in [0.1, 0.15) is 30.1 Å². The number of aromatic hydroxyl groups is 2. The second-order valence-corrected chi connectivity index (χ2v) is 4.70. The van der Waals surface area contributed by atoms with Gasteiger partial charge in [0.05, 0.1) is 5.56 Å². The van der Waals surface area contributed by atoms with Crippen LogP contribution >= 0.6 is 15.9 Å². The molecule has 1 atom stereocenters. The summed E-state index contributed by atoms with van der Waals surface area (Å²) in [6.45, 7) is 1.91. The summed E-state index contributed by atoms with van der Waals surface area (Å²) in [6, 6.07) is 3.97. The SMILES string of the molecule is CC(CCCBr)NC(=O)c1ccc(O)cc1O. The lowest BCUT2D eigenvalue weighted by Crippen LogP contribution is -2.32. The van der Waals surface area contributed by atoms with Crippen LogP contribution in [0.15, 0.2) is 18.2 Å². The van der Waals surface area contributed by atoms with E-state index >= 15 is 0 Å². The molecule has 5 heteroatoms. The molecule has 1 unspecified atom stereocenters. The van der Waals surface area contributed by atoms with Crippen molar-refractivity contribution in [2.45, 2.75) is 25.8 Å². The molecule has 1 aromatic rings. The third-order valence-corrected chi connectivity index (χ3v) is 2.93. The fourth-order valence-electron chi connectivity index (χ4n) is 1.47. The highest BCUT2D eigenvalue weighted by atomic mass is 79.9. The quantitative estimate of drug-likeness (QED) is 0.731. The molecule has 0 aliphatic rings. The predicted molar refractivity (Wildman–Crippen MR) is 69.7 cm³/mol. The van der Waals surface area contributed by atoms with Crippen molar-refractivity contribution < 1.29 is 15.0 Å². The van der Waals surface area contributed by atoms with Gasteiger partial charge in [-0.2, -0.15) is 0 Å². The topological polar surface area (TPSA) is 69.6 Å². The number of hydrogen-bond donors (Lipinski definition) is 3. The van der Waals surface area contributed by atoms with Crippen LogP contribution in [0.2, 0.25) is 0 Å². The molecule has 17 heavy (non-hydrogen) atoms. The van der Waals surface area contributed by atoms with Gasteiger partial charge in [0.25, 0.3) is 5.91 Å². The Morgan fingerprint density at radius 2 is 2.18 bits per heavy atom. The van der Waals surface area contributed by atoms with Crippen LogP contribution in [-0.4, -0.2) is 27.5 Å². The number of hydrogen-bond acceptors (Lipinski definition) is 3. The molecule has 0 saturated heterocycles. The van der Waals surface area contributed by atoms with Crippen LogP contribution in [0.3, 0.4) is 0 Å². The maximum atomic E-state index is 11.8. The zero-order valence-electron chi connectivity index (χ0n) is 9.61. The van der Waals surface area contributed by atoms with Crippen LogP contribution in [0.25, 0.3) is 0 Å². The zero-order valence-corrected chi connectivity index (χ0v) is 11.2.